The Bertz CT molecular complexity index is 452. The smallest absolute Gasteiger partial charge is 0.274 e. The summed E-state index contributed by atoms with van der Waals surface area (Å²) in [5.74, 6) is 0.988. The average Bonchev–Trinajstić information content (AvgIpc) is 2.70. The molecular formula is C14H24N4O. The van der Waals surface area contributed by atoms with Crippen molar-refractivity contribution in [3.63, 3.8) is 0 Å². The van der Waals surface area contributed by atoms with E-state index < -0.39 is 0 Å². The molecular weight excluding hydrogens is 240 g/mol. The first-order valence-electron chi connectivity index (χ1n) is 7.12. The lowest BCUT2D eigenvalue weighted by Crippen LogP contribution is -2.44. The number of hydrogen-bond donors (Lipinski definition) is 3. The summed E-state index contributed by atoms with van der Waals surface area (Å²) in [7, 11) is 0. The van der Waals surface area contributed by atoms with Crippen molar-refractivity contribution in [3.05, 3.63) is 11.4 Å². The maximum atomic E-state index is 12.2. The van der Waals surface area contributed by atoms with Crippen molar-refractivity contribution in [2.75, 3.05) is 5.73 Å². The second-order valence-corrected chi connectivity index (χ2v) is 5.88. The molecule has 4 N–H and O–H groups in total. The van der Waals surface area contributed by atoms with E-state index in [1.165, 1.54) is 19.3 Å². The molecule has 19 heavy (non-hydrogen) atoms. The van der Waals surface area contributed by atoms with Crippen molar-refractivity contribution in [3.8, 4) is 0 Å². The summed E-state index contributed by atoms with van der Waals surface area (Å²) in [5.41, 5.74) is 7.37. The molecule has 1 heterocycles. The topological polar surface area (TPSA) is 83.8 Å². The first-order valence-corrected chi connectivity index (χ1v) is 7.12. The van der Waals surface area contributed by atoms with Crippen molar-refractivity contribution in [1.29, 1.82) is 0 Å². The lowest BCUT2D eigenvalue weighted by Gasteiger charge is -2.34. The highest BCUT2D eigenvalue weighted by Gasteiger charge is 2.29. The first kappa shape index (κ1) is 13.9. The maximum absolute atomic E-state index is 12.2. The summed E-state index contributed by atoms with van der Waals surface area (Å²) in [5, 5.41) is 9.86. The number of hydrogen-bond acceptors (Lipinski definition) is 3. The summed E-state index contributed by atoms with van der Waals surface area (Å²) < 4.78 is 0. The third kappa shape index (κ3) is 2.91. The minimum Gasteiger partial charge on any atom is -0.395 e. The second kappa shape index (κ2) is 5.63. The number of rotatable bonds is 3. The summed E-state index contributed by atoms with van der Waals surface area (Å²) in [6.07, 6.45) is 4.69. The molecule has 0 spiro atoms. The van der Waals surface area contributed by atoms with Crippen LogP contribution in [0.3, 0.4) is 0 Å². The van der Waals surface area contributed by atoms with Crippen LogP contribution in [0.2, 0.25) is 0 Å². The van der Waals surface area contributed by atoms with Crippen LogP contribution in [-0.4, -0.2) is 22.1 Å². The molecule has 1 fully saturated rings. The van der Waals surface area contributed by atoms with Crippen LogP contribution in [0.15, 0.2) is 0 Å². The second-order valence-electron chi connectivity index (χ2n) is 5.88. The number of nitrogens with one attached hydrogen (secondary N) is 2. The lowest BCUT2D eigenvalue weighted by molar-refractivity contribution is 0.0885. The minimum atomic E-state index is -0.153. The van der Waals surface area contributed by atoms with Crippen molar-refractivity contribution in [1.82, 2.24) is 15.5 Å². The maximum Gasteiger partial charge on any atom is 0.274 e. The molecule has 1 aliphatic carbocycles. The molecule has 5 nitrogen and oxygen atoms in total. The molecule has 0 saturated heterocycles. The quantitative estimate of drug-likeness (QED) is 0.783. The van der Waals surface area contributed by atoms with E-state index in [0.29, 0.717) is 23.2 Å². The van der Waals surface area contributed by atoms with Gasteiger partial charge in [-0.15, -0.1) is 0 Å². The predicted octanol–water partition coefficient (Wildman–Crippen LogP) is 2.24. The normalized spacial score (nSPS) is 23.6. The largest absolute Gasteiger partial charge is 0.395 e. The average molecular weight is 264 g/mol. The Morgan fingerprint density at radius 1 is 1.42 bits per heavy atom. The molecule has 1 aromatic rings. The predicted molar refractivity (Wildman–Crippen MR) is 75.8 cm³/mol. The molecule has 1 amide bonds. The monoisotopic (exact) mass is 264 g/mol. The fourth-order valence-electron chi connectivity index (χ4n) is 2.98. The zero-order valence-corrected chi connectivity index (χ0v) is 12.0. The van der Waals surface area contributed by atoms with Gasteiger partial charge < -0.3 is 11.1 Å². The van der Waals surface area contributed by atoms with Gasteiger partial charge in [-0.05, 0) is 31.6 Å². The van der Waals surface area contributed by atoms with Crippen molar-refractivity contribution in [2.24, 2.45) is 11.8 Å². The van der Waals surface area contributed by atoms with E-state index in [2.05, 4.69) is 29.4 Å². The Balaban J connectivity index is 2.07. The van der Waals surface area contributed by atoms with Crippen LogP contribution >= 0.6 is 0 Å². The van der Waals surface area contributed by atoms with E-state index in [1.807, 2.05) is 6.92 Å². The molecule has 2 unspecified atom stereocenters. The molecule has 2 rings (SSSR count). The molecule has 0 radical (unpaired) electrons. The zero-order chi connectivity index (χ0) is 14.0. The number of anilines is 1. The molecule has 1 aromatic heterocycles. The van der Waals surface area contributed by atoms with Crippen molar-refractivity contribution in [2.45, 2.75) is 52.5 Å². The number of nitrogen functional groups attached to an aromatic ring is 1. The number of nitrogens with two attached hydrogens (primary N) is 1. The van der Waals surface area contributed by atoms with Gasteiger partial charge in [-0.1, -0.05) is 26.7 Å². The number of aromatic amines is 1. The zero-order valence-electron chi connectivity index (χ0n) is 12.0. The fraction of sp³-hybridized carbons (Fsp3) is 0.714. The summed E-state index contributed by atoms with van der Waals surface area (Å²) in [6, 6.07) is 0.248. The van der Waals surface area contributed by atoms with E-state index in [9.17, 15) is 4.79 Å². The molecule has 1 aliphatic rings. The van der Waals surface area contributed by atoms with Gasteiger partial charge in [0.05, 0.1) is 11.4 Å². The van der Waals surface area contributed by atoms with Gasteiger partial charge in [0.2, 0.25) is 0 Å². The third-order valence-corrected chi connectivity index (χ3v) is 4.20. The molecule has 0 bridgehead atoms. The summed E-state index contributed by atoms with van der Waals surface area (Å²) in [4.78, 5) is 12.2. The highest BCUT2D eigenvalue weighted by Crippen LogP contribution is 2.30. The van der Waals surface area contributed by atoms with Crippen LogP contribution in [0, 0.1) is 18.8 Å². The van der Waals surface area contributed by atoms with Gasteiger partial charge >= 0.3 is 0 Å². The molecule has 0 aliphatic heterocycles. The van der Waals surface area contributed by atoms with Crippen LogP contribution in [0.4, 0.5) is 5.69 Å². The van der Waals surface area contributed by atoms with Crippen LogP contribution in [0.1, 0.15) is 55.7 Å². The Morgan fingerprint density at radius 3 is 2.68 bits per heavy atom. The number of H-pyrrole nitrogens is 1. The Hall–Kier alpha value is -1.52. The number of carbonyl (C=O) groups is 1. The van der Waals surface area contributed by atoms with Crippen LogP contribution in [0.5, 0.6) is 0 Å². The van der Waals surface area contributed by atoms with Crippen molar-refractivity contribution < 1.29 is 4.79 Å². The molecule has 0 aromatic carbocycles. The van der Waals surface area contributed by atoms with E-state index in [4.69, 9.17) is 5.73 Å². The van der Waals surface area contributed by atoms with Gasteiger partial charge in [0, 0.05) is 6.04 Å². The minimum absolute atomic E-state index is 0.153. The number of amides is 1. The van der Waals surface area contributed by atoms with E-state index in [0.717, 1.165) is 12.1 Å². The highest BCUT2D eigenvalue weighted by atomic mass is 16.2. The Labute approximate surface area is 114 Å². The summed E-state index contributed by atoms with van der Waals surface area (Å²) in [6.45, 7) is 6.26. The number of carbonyl (C=O) groups excluding carboxylic acids is 1. The highest BCUT2D eigenvalue weighted by molar-refractivity contribution is 5.97. The van der Waals surface area contributed by atoms with Gasteiger partial charge in [0.25, 0.3) is 5.91 Å². The van der Waals surface area contributed by atoms with E-state index in [-0.39, 0.29) is 11.9 Å². The van der Waals surface area contributed by atoms with E-state index in [1.54, 1.807) is 0 Å². The van der Waals surface area contributed by atoms with Gasteiger partial charge in [0.15, 0.2) is 5.69 Å². The lowest BCUT2D eigenvalue weighted by atomic mass is 9.78. The van der Waals surface area contributed by atoms with Crippen molar-refractivity contribution >= 4 is 11.6 Å². The molecule has 1 saturated carbocycles. The van der Waals surface area contributed by atoms with Crippen LogP contribution < -0.4 is 11.1 Å². The van der Waals surface area contributed by atoms with Crippen LogP contribution in [0.25, 0.3) is 0 Å². The van der Waals surface area contributed by atoms with Gasteiger partial charge in [-0.25, -0.2) is 0 Å². The molecule has 5 heteroatoms. The van der Waals surface area contributed by atoms with Gasteiger partial charge in [-0.3, -0.25) is 9.89 Å². The Kier molecular flexibility index (Phi) is 4.12. The first-order chi connectivity index (χ1) is 9.00. The van der Waals surface area contributed by atoms with Gasteiger partial charge in [0.1, 0.15) is 0 Å². The molecule has 2 atom stereocenters. The number of aromatic nitrogens is 2. The number of nitrogens with zero attached hydrogens (tertiary/aromatic N) is 1. The molecule has 106 valence electrons. The number of aryl methyl sites for hydroxylation is 1. The third-order valence-electron chi connectivity index (χ3n) is 4.20. The summed E-state index contributed by atoms with van der Waals surface area (Å²) >= 11 is 0. The van der Waals surface area contributed by atoms with Crippen LogP contribution in [-0.2, 0) is 0 Å². The fourth-order valence-corrected chi connectivity index (χ4v) is 2.98. The standard InChI is InChI=1S/C14H24N4O/c1-8(2)10-6-4-5-7-11(10)16-14(19)13-12(15)9(3)17-18-13/h8,10-11H,4-7,15H2,1-3H3,(H,16,19)(H,17,18). The van der Waals surface area contributed by atoms with Gasteiger partial charge in [-0.2, -0.15) is 5.10 Å². The van der Waals surface area contributed by atoms with E-state index >= 15 is 0 Å². The Morgan fingerprint density at radius 2 is 2.11 bits per heavy atom. The SMILES string of the molecule is Cc1[nH]nc(C(=O)NC2CCCCC2C(C)C)c1N.